The Morgan fingerprint density at radius 3 is 2.46 bits per heavy atom. The predicted octanol–water partition coefficient (Wildman–Crippen LogP) is 3.62. The van der Waals surface area contributed by atoms with E-state index in [9.17, 15) is 0 Å². The fourth-order valence-corrected chi connectivity index (χ4v) is 1.59. The lowest BCUT2D eigenvalue weighted by atomic mass is 10.1. The van der Waals surface area contributed by atoms with Gasteiger partial charge in [0, 0.05) is 16.1 Å². The maximum absolute atomic E-state index is 3.44. The van der Waals surface area contributed by atoms with Gasteiger partial charge in [0.25, 0.3) is 0 Å². The Labute approximate surface area is 84.9 Å². The zero-order chi connectivity index (χ0) is 9.90. The first kappa shape index (κ1) is 10.5. The highest BCUT2D eigenvalue weighted by atomic mass is 32.2. The monoisotopic (exact) mass is 195 g/mol. The van der Waals surface area contributed by atoms with Crippen LogP contribution in [0.4, 0.5) is 5.69 Å². The molecule has 0 unspecified atom stereocenters. The lowest BCUT2D eigenvalue weighted by molar-refractivity contribution is 0.634. The van der Waals surface area contributed by atoms with Gasteiger partial charge in [0.15, 0.2) is 0 Å². The van der Waals surface area contributed by atoms with E-state index in [1.54, 1.807) is 11.8 Å². The van der Waals surface area contributed by atoms with E-state index in [1.165, 1.54) is 10.6 Å². The number of hydrogen-bond acceptors (Lipinski definition) is 2. The number of anilines is 1. The number of rotatable bonds is 2. The Morgan fingerprint density at radius 2 is 1.92 bits per heavy atom. The molecule has 1 aromatic carbocycles. The van der Waals surface area contributed by atoms with E-state index in [0.717, 1.165) is 0 Å². The average Bonchev–Trinajstić information content (AvgIpc) is 2.01. The normalized spacial score (nSPS) is 11.4. The standard InChI is InChI=1S/C11H17NS/c1-11(2,3)12-9-6-5-7-10(8-9)13-4/h5-8,12H,1-4H3. The van der Waals surface area contributed by atoms with Crippen molar-refractivity contribution >= 4 is 17.4 Å². The van der Waals surface area contributed by atoms with Crippen LogP contribution in [0.15, 0.2) is 29.2 Å². The van der Waals surface area contributed by atoms with Crippen LogP contribution in [0.25, 0.3) is 0 Å². The van der Waals surface area contributed by atoms with Gasteiger partial charge in [-0.25, -0.2) is 0 Å². The van der Waals surface area contributed by atoms with Gasteiger partial charge in [-0.05, 0) is 45.2 Å². The third-order valence-electron chi connectivity index (χ3n) is 1.59. The first-order chi connectivity index (χ1) is 6.01. The van der Waals surface area contributed by atoms with Crippen molar-refractivity contribution in [2.75, 3.05) is 11.6 Å². The summed E-state index contributed by atoms with van der Waals surface area (Å²) in [4.78, 5) is 1.30. The molecule has 0 spiro atoms. The summed E-state index contributed by atoms with van der Waals surface area (Å²) in [5.74, 6) is 0. The topological polar surface area (TPSA) is 12.0 Å². The molecule has 0 aliphatic heterocycles. The summed E-state index contributed by atoms with van der Waals surface area (Å²) in [5, 5.41) is 3.44. The second-order valence-electron chi connectivity index (χ2n) is 4.11. The fourth-order valence-electron chi connectivity index (χ4n) is 1.13. The van der Waals surface area contributed by atoms with Crippen molar-refractivity contribution in [3.8, 4) is 0 Å². The van der Waals surface area contributed by atoms with Crippen molar-refractivity contribution < 1.29 is 0 Å². The van der Waals surface area contributed by atoms with E-state index in [-0.39, 0.29) is 5.54 Å². The highest BCUT2D eigenvalue weighted by Gasteiger charge is 2.08. The molecule has 0 aliphatic rings. The van der Waals surface area contributed by atoms with Crippen LogP contribution in [0, 0.1) is 0 Å². The van der Waals surface area contributed by atoms with Gasteiger partial charge in [-0.2, -0.15) is 0 Å². The molecule has 1 rings (SSSR count). The lowest BCUT2D eigenvalue weighted by Crippen LogP contribution is -2.25. The van der Waals surface area contributed by atoms with E-state index >= 15 is 0 Å². The van der Waals surface area contributed by atoms with E-state index in [0.29, 0.717) is 0 Å². The van der Waals surface area contributed by atoms with Crippen LogP contribution < -0.4 is 5.32 Å². The van der Waals surface area contributed by atoms with E-state index in [4.69, 9.17) is 0 Å². The highest BCUT2D eigenvalue weighted by Crippen LogP contribution is 2.21. The molecule has 0 aromatic heterocycles. The smallest absolute Gasteiger partial charge is 0.0355 e. The van der Waals surface area contributed by atoms with E-state index in [2.05, 4.69) is 56.6 Å². The highest BCUT2D eigenvalue weighted by molar-refractivity contribution is 7.98. The maximum Gasteiger partial charge on any atom is 0.0355 e. The molecule has 0 atom stereocenters. The minimum atomic E-state index is 0.136. The Kier molecular flexibility index (Phi) is 3.26. The fraction of sp³-hybridized carbons (Fsp3) is 0.455. The number of thioether (sulfide) groups is 1. The molecule has 0 aliphatic carbocycles. The minimum Gasteiger partial charge on any atom is -0.380 e. The Bertz CT molecular complexity index is 276. The van der Waals surface area contributed by atoms with Crippen LogP contribution in [0.2, 0.25) is 0 Å². The molecule has 1 aromatic rings. The van der Waals surface area contributed by atoms with Gasteiger partial charge < -0.3 is 5.32 Å². The summed E-state index contributed by atoms with van der Waals surface area (Å²) in [5.41, 5.74) is 1.33. The van der Waals surface area contributed by atoms with Crippen molar-refractivity contribution in [3.63, 3.8) is 0 Å². The molecule has 0 bridgehead atoms. The predicted molar refractivity (Wildman–Crippen MR) is 61.6 cm³/mol. The number of hydrogen-bond donors (Lipinski definition) is 1. The van der Waals surface area contributed by atoms with Gasteiger partial charge in [-0.3, -0.25) is 0 Å². The molecule has 0 saturated heterocycles. The molecular formula is C11H17NS. The SMILES string of the molecule is CSc1cccc(NC(C)(C)C)c1. The Hall–Kier alpha value is -0.630. The molecule has 2 heteroatoms. The van der Waals surface area contributed by atoms with Gasteiger partial charge in [0.2, 0.25) is 0 Å². The van der Waals surface area contributed by atoms with Crippen molar-refractivity contribution in [1.82, 2.24) is 0 Å². The van der Waals surface area contributed by atoms with Crippen molar-refractivity contribution in [3.05, 3.63) is 24.3 Å². The molecule has 13 heavy (non-hydrogen) atoms. The Balaban J connectivity index is 2.78. The third-order valence-corrected chi connectivity index (χ3v) is 2.31. The molecule has 1 nitrogen and oxygen atoms in total. The second-order valence-corrected chi connectivity index (χ2v) is 4.99. The summed E-state index contributed by atoms with van der Waals surface area (Å²) in [7, 11) is 0. The summed E-state index contributed by atoms with van der Waals surface area (Å²) in [6.45, 7) is 6.50. The van der Waals surface area contributed by atoms with Crippen LogP contribution in [0.5, 0.6) is 0 Å². The molecule has 72 valence electrons. The van der Waals surface area contributed by atoms with Gasteiger partial charge in [0.1, 0.15) is 0 Å². The quantitative estimate of drug-likeness (QED) is 0.723. The third kappa shape index (κ3) is 3.73. The molecule has 1 N–H and O–H groups in total. The summed E-state index contributed by atoms with van der Waals surface area (Å²) in [6, 6.07) is 8.49. The average molecular weight is 195 g/mol. The van der Waals surface area contributed by atoms with Crippen molar-refractivity contribution in [2.45, 2.75) is 31.2 Å². The summed E-state index contributed by atoms with van der Waals surface area (Å²) in [6.07, 6.45) is 2.09. The molecule has 0 heterocycles. The maximum atomic E-state index is 3.44. The van der Waals surface area contributed by atoms with Crippen LogP contribution in [0.3, 0.4) is 0 Å². The van der Waals surface area contributed by atoms with Gasteiger partial charge in [0.05, 0.1) is 0 Å². The largest absolute Gasteiger partial charge is 0.380 e. The van der Waals surface area contributed by atoms with Crippen molar-refractivity contribution in [1.29, 1.82) is 0 Å². The summed E-state index contributed by atoms with van der Waals surface area (Å²) >= 11 is 1.77. The van der Waals surface area contributed by atoms with E-state index in [1.807, 2.05) is 0 Å². The second kappa shape index (κ2) is 4.05. The number of nitrogens with one attached hydrogen (secondary N) is 1. The van der Waals surface area contributed by atoms with Crippen LogP contribution >= 0.6 is 11.8 Å². The first-order valence-corrected chi connectivity index (χ1v) is 5.66. The van der Waals surface area contributed by atoms with Gasteiger partial charge in [-0.15, -0.1) is 11.8 Å². The molecule has 0 saturated carbocycles. The van der Waals surface area contributed by atoms with Crippen LogP contribution in [-0.4, -0.2) is 11.8 Å². The molecule has 0 amide bonds. The van der Waals surface area contributed by atoms with Gasteiger partial charge in [-0.1, -0.05) is 6.07 Å². The van der Waals surface area contributed by atoms with Gasteiger partial charge >= 0.3 is 0 Å². The molecule has 0 fully saturated rings. The zero-order valence-electron chi connectivity index (χ0n) is 8.72. The van der Waals surface area contributed by atoms with Crippen LogP contribution in [0.1, 0.15) is 20.8 Å². The lowest BCUT2D eigenvalue weighted by Gasteiger charge is -2.22. The van der Waals surface area contributed by atoms with E-state index < -0.39 is 0 Å². The minimum absolute atomic E-state index is 0.136. The first-order valence-electron chi connectivity index (χ1n) is 4.43. The Morgan fingerprint density at radius 1 is 1.23 bits per heavy atom. The molecular weight excluding hydrogens is 178 g/mol. The number of benzene rings is 1. The van der Waals surface area contributed by atoms with Crippen molar-refractivity contribution in [2.24, 2.45) is 0 Å². The molecule has 0 radical (unpaired) electrons. The summed E-state index contributed by atoms with van der Waals surface area (Å²) < 4.78 is 0. The zero-order valence-corrected chi connectivity index (χ0v) is 9.53. The van der Waals surface area contributed by atoms with Crippen LogP contribution in [-0.2, 0) is 0 Å².